The third kappa shape index (κ3) is 3.97. The van der Waals surface area contributed by atoms with Crippen LogP contribution in [0.15, 0.2) is 50.8 Å². The van der Waals surface area contributed by atoms with Crippen LogP contribution >= 0.6 is 0 Å². The molecular weight excluding hydrogens is 272 g/mol. The van der Waals surface area contributed by atoms with Crippen molar-refractivity contribution >= 4 is 21.6 Å². The summed E-state index contributed by atoms with van der Waals surface area (Å²) in [4.78, 5) is 10.7. The molecule has 0 heterocycles. The van der Waals surface area contributed by atoms with E-state index in [0.29, 0.717) is 0 Å². The van der Waals surface area contributed by atoms with Gasteiger partial charge < -0.3 is 5.11 Å². The van der Waals surface area contributed by atoms with Crippen molar-refractivity contribution in [3.8, 4) is 0 Å². The number of nitrogens with zero attached hydrogens (tertiary/aromatic N) is 2. The second-order valence-corrected chi connectivity index (χ2v) is 5.02. The van der Waals surface area contributed by atoms with Gasteiger partial charge in [0.15, 0.2) is 11.5 Å². The van der Waals surface area contributed by atoms with E-state index in [0.717, 1.165) is 6.07 Å². The molecule has 0 spiro atoms. The van der Waals surface area contributed by atoms with Crippen LogP contribution in [0.1, 0.15) is 13.8 Å². The van der Waals surface area contributed by atoms with Gasteiger partial charge in [0.1, 0.15) is 16.3 Å². The van der Waals surface area contributed by atoms with Gasteiger partial charge in [-0.05, 0) is 19.1 Å². The largest absolute Gasteiger partial charge is 0.510 e. The first kappa shape index (κ1) is 15.0. The van der Waals surface area contributed by atoms with Gasteiger partial charge >= 0.3 is 0 Å². The number of hydrogen-bond acceptors (Lipinski definition) is 6. The first-order valence-corrected chi connectivity index (χ1v) is 6.56. The summed E-state index contributed by atoms with van der Waals surface area (Å²) in [5.41, 5.74) is -0.421. The van der Waals surface area contributed by atoms with E-state index >= 15 is 0 Å². The van der Waals surface area contributed by atoms with Crippen LogP contribution in [0.5, 0.6) is 0 Å². The highest BCUT2D eigenvalue weighted by atomic mass is 32.2. The summed E-state index contributed by atoms with van der Waals surface area (Å²) in [5.74, 6) is -0.853. The summed E-state index contributed by atoms with van der Waals surface area (Å²) >= 11 is 0. The van der Waals surface area contributed by atoms with Gasteiger partial charge in [0.25, 0.3) is 10.1 Å². The summed E-state index contributed by atoms with van der Waals surface area (Å²) < 4.78 is 31.2. The van der Waals surface area contributed by atoms with Crippen LogP contribution in [-0.2, 0) is 14.9 Å². The van der Waals surface area contributed by atoms with Crippen molar-refractivity contribution in [2.45, 2.75) is 18.7 Å². The van der Waals surface area contributed by atoms with Crippen molar-refractivity contribution < 1.29 is 22.9 Å². The Bertz CT molecular complexity index is 657. The molecule has 8 heteroatoms. The second kappa shape index (κ2) is 5.72. The Balaban J connectivity index is 3.29. The molecule has 102 valence electrons. The maximum atomic E-state index is 11.1. The number of benzene rings is 1. The maximum absolute atomic E-state index is 11.1. The minimum absolute atomic E-state index is 0.134. The quantitative estimate of drug-likeness (QED) is 0.381. The number of carbonyl (C=O) groups is 1. The van der Waals surface area contributed by atoms with Gasteiger partial charge in [-0.2, -0.15) is 8.42 Å². The molecule has 0 unspecified atom stereocenters. The van der Waals surface area contributed by atoms with Crippen LogP contribution in [0.4, 0.5) is 5.69 Å². The smallest absolute Gasteiger partial charge is 0.296 e. The molecule has 0 amide bonds. The highest BCUT2D eigenvalue weighted by molar-refractivity contribution is 7.86. The zero-order valence-corrected chi connectivity index (χ0v) is 11.0. The van der Waals surface area contributed by atoms with E-state index in [1.54, 1.807) is 0 Å². The Morgan fingerprint density at radius 1 is 1.21 bits per heavy atom. The summed E-state index contributed by atoms with van der Waals surface area (Å²) in [7, 11) is -4.44. The highest BCUT2D eigenvalue weighted by Gasteiger charge is 2.15. The number of allylic oxidation sites excluding steroid dienone is 2. The predicted molar refractivity (Wildman–Crippen MR) is 66.8 cm³/mol. The van der Waals surface area contributed by atoms with Crippen molar-refractivity contribution in [3.63, 3.8) is 0 Å². The van der Waals surface area contributed by atoms with Gasteiger partial charge in [0.2, 0.25) is 0 Å². The molecule has 0 aromatic heterocycles. The van der Waals surface area contributed by atoms with Crippen LogP contribution in [-0.4, -0.2) is 23.9 Å². The van der Waals surface area contributed by atoms with Crippen LogP contribution in [0.2, 0.25) is 0 Å². The second-order valence-electron chi connectivity index (χ2n) is 3.63. The zero-order valence-electron chi connectivity index (χ0n) is 10.2. The van der Waals surface area contributed by atoms with Crippen LogP contribution in [0, 0.1) is 0 Å². The van der Waals surface area contributed by atoms with E-state index in [4.69, 9.17) is 4.55 Å². The minimum atomic E-state index is -4.44. The third-order valence-electron chi connectivity index (χ3n) is 2.08. The summed E-state index contributed by atoms with van der Waals surface area (Å²) in [5, 5.41) is 16.3. The molecule has 0 saturated carbocycles. The number of hydrogen-bond donors (Lipinski definition) is 2. The van der Waals surface area contributed by atoms with E-state index in [2.05, 4.69) is 10.2 Å². The fourth-order valence-electron chi connectivity index (χ4n) is 1.26. The fourth-order valence-corrected chi connectivity index (χ4v) is 1.88. The van der Waals surface area contributed by atoms with Gasteiger partial charge in [-0.1, -0.05) is 12.1 Å². The standard InChI is InChI=1S/C11H12N2O5S/c1-7(14)11(8(2)15)13-12-9-5-3-4-6-10(9)19(16,17)18/h3-6,14H,1-2H3,(H,16,17,18)/b11-7+,13-12?. The van der Waals surface area contributed by atoms with Crippen LogP contribution in [0.25, 0.3) is 0 Å². The molecule has 0 fully saturated rings. The Labute approximate surface area is 110 Å². The summed E-state index contributed by atoms with van der Waals surface area (Å²) in [6, 6.07) is 5.34. The molecule has 2 N–H and O–H groups in total. The summed E-state index contributed by atoms with van der Waals surface area (Å²) in [6.45, 7) is 2.44. The van der Waals surface area contributed by atoms with E-state index in [1.165, 1.54) is 32.0 Å². The molecule has 7 nitrogen and oxygen atoms in total. The SMILES string of the molecule is CC(=O)/C(N=Nc1ccccc1S(=O)(=O)O)=C(/C)O. The summed E-state index contributed by atoms with van der Waals surface area (Å²) in [6.07, 6.45) is 0. The molecular formula is C11H12N2O5S. The number of rotatable bonds is 4. The predicted octanol–water partition coefficient (Wildman–Crippen LogP) is 2.40. The number of aliphatic hydroxyl groups is 1. The highest BCUT2D eigenvalue weighted by Crippen LogP contribution is 2.24. The van der Waals surface area contributed by atoms with Crippen molar-refractivity contribution in [1.82, 2.24) is 0 Å². The fraction of sp³-hybridized carbons (Fsp3) is 0.182. The van der Waals surface area contributed by atoms with Crippen LogP contribution in [0.3, 0.4) is 0 Å². The van der Waals surface area contributed by atoms with Crippen LogP contribution < -0.4 is 0 Å². The molecule has 0 atom stereocenters. The average molecular weight is 284 g/mol. The van der Waals surface area contributed by atoms with Crippen molar-refractivity contribution in [2.75, 3.05) is 0 Å². The molecule has 0 aliphatic heterocycles. The van der Waals surface area contributed by atoms with Crippen molar-refractivity contribution in [2.24, 2.45) is 10.2 Å². The zero-order chi connectivity index (χ0) is 14.6. The van der Waals surface area contributed by atoms with Gasteiger partial charge in [-0.25, -0.2) is 0 Å². The number of carbonyl (C=O) groups excluding carboxylic acids is 1. The molecule has 0 radical (unpaired) electrons. The normalized spacial score (nSPS) is 13.4. The average Bonchev–Trinajstić information content (AvgIpc) is 2.27. The lowest BCUT2D eigenvalue weighted by molar-refractivity contribution is -0.113. The Kier molecular flexibility index (Phi) is 4.52. The topological polar surface area (TPSA) is 116 Å². The van der Waals surface area contributed by atoms with Crippen molar-refractivity contribution in [1.29, 1.82) is 0 Å². The van der Waals surface area contributed by atoms with E-state index < -0.39 is 20.8 Å². The van der Waals surface area contributed by atoms with Crippen molar-refractivity contribution in [3.05, 3.63) is 35.7 Å². The number of ketones is 1. The van der Waals surface area contributed by atoms with E-state index in [-0.39, 0.29) is 17.1 Å². The lowest BCUT2D eigenvalue weighted by Crippen LogP contribution is -1.99. The molecule has 0 aliphatic rings. The maximum Gasteiger partial charge on any atom is 0.296 e. The molecule has 1 rings (SSSR count). The number of aliphatic hydroxyl groups excluding tert-OH is 1. The van der Waals surface area contributed by atoms with Gasteiger partial charge in [-0.15, -0.1) is 10.2 Å². The number of azo groups is 1. The van der Waals surface area contributed by atoms with Gasteiger partial charge in [-0.3, -0.25) is 9.35 Å². The molecule has 19 heavy (non-hydrogen) atoms. The van der Waals surface area contributed by atoms with Gasteiger partial charge in [0, 0.05) is 6.92 Å². The molecule has 1 aromatic carbocycles. The molecule has 0 aliphatic carbocycles. The molecule has 0 bridgehead atoms. The minimum Gasteiger partial charge on any atom is -0.510 e. The van der Waals surface area contributed by atoms with Gasteiger partial charge in [0.05, 0.1) is 0 Å². The lowest BCUT2D eigenvalue weighted by atomic mass is 10.3. The first-order valence-electron chi connectivity index (χ1n) is 5.12. The molecule has 0 saturated heterocycles. The Morgan fingerprint density at radius 2 is 1.79 bits per heavy atom. The van der Waals surface area contributed by atoms with E-state index in [9.17, 15) is 18.3 Å². The lowest BCUT2D eigenvalue weighted by Gasteiger charge is -2.01. The number of Topliss-reactive ketones (excluding diaryl/α,β-unsaturated/α-hetero) is 1. The van der Waals surface area contributed by atoms with E-state index in [1.807, 2.05) is 0 Å². The monoisotopic (exact) mass is 284 g/mol. The Hall–Kier alpha value is -2.06. The Morgan fingerprint density at radius 3 is 2.26 bits per heavy atom. The first-order chi connectivity index (χ1) is 8.73. The third-order valence-corrected chi connectivity index (χ3v) is 2.98. The molecule has 1 aromatic rings.